The van der Waals surface area contributed by atoms with Crippen molar-refractivity contribution in [1.82, 2.24) is 20.4 Å². The number of nitrogens with one attached hydrogen (secondary N) is 2. The zero-order valence-corrected chi connectivity index (χ0v) is 11.4. The van der Waals surface area contributed by atoms with Gasteiger partial charge >= 0.3 is 0 Å². The van der Waals surface area contributed by atoms with Crippen molar-refractivity contribution in [3.8, 4) is 0 Å². The molecule has 1 aliphatic rings. The van der Waals surface area contributed by atoms with Crippen LogP contribution in [0.4, 0.5) is 0 Å². The lowest BCUT2D eigenvalue weighted by Crippen LogP contribution is -2.49. The fourth-order valence-electron chi connectivity index (χ4n) is 1.96. The molecule has 6 heteroatoms. The first-order valence-corrected chi connectivity index (χ1v) is 6.51. The number of hydrogen-bond donors (Lipinski definition) is 2. The van der Waals surface area contributed by atoms with Crippen LogP contribution in [0.2, 0.25) is 0 Å². The summed E-state index contributed by atoms with van der Waals surface area (Å²) in [4.78, 5) is 26.9. The maximum Gasteiger partial charge on any atom is 0.236 e. The van der Waals surface area contributed by atoms with E-state index in [0.29, 0.717) is 13.0 Å². The van der Waals surface area contributed by atoms with Gasteiger partial charge in [0.05, 0.1) is 6.54 Å². The van der Waals surface area contributed by atoms with Gasteiger partial charge in [-0.3, -0.25) is 14.5 Å². The van der Waals surface area contributed by atoms with E-state index in [1.54, 1.807) is 7.05 Å². The summed E-state index contributed by atoms with van der Waals surface area (Å²) in [7, 11) is 3.56. The number of carbonyl (C=O) groups excluding carboxylic acids is 2. The Hall–Kier alpha value is -1.14. The molecule has 2 amide bonds. The molecule has 1 rings (SSSR count). The Morgan fingerprint density at radius 1 is 1.33 bits per heavy atom. The van der Waals surface area contributed by atoms with Crippen LogP contribution in [0, 0.1) is 0 Å². The fourth-order valence-corrected chi connectivity index (χ4v) is 1.96. The summed E-state index contributed by atoms with van der Waals surface area (Å²) in [5, 5.41) is 5.82. The zero-order valence-electron chi connectivity index (χ0n) is 11.4. The van der Waals surface area contributed by atoms with Crippen LogP contribution < -0.4 is 10.6 Å². The standard InChI is InChI=1S/C12H24N4O2/c1-13-11(17)4-3-7-15(2)10-12(18)16-8-5-14-6-9-16/h14H,3-10H2,1-2H3,(H,13,17). The van der Waals surface area contributed by atoms with E-state index in [4.69, 9.17) is 0 Å². The summed E-state index contributed by atoms with van der Waals surface area (Å²) in [5.41, 5.74) is 0. The van der Waals surface area contributed by atoms with Gasteiger partial charge in [0.25, 0.3) is 0 Å². The highest BCUT2D eigenvalue weighted by Crippen LogP contribution is 1.97. The number of likely N-dealkylation sites (N-methyl/N-ethyl adjacent to an activating group) is 1. The van der Waals surface area contributed by atoms with Gasteiger partial charge in [-0.2, -0.15) is 0 Å². The van der Waals surface area contributed by atoms with E-state index in [1.807, 2.05) is 16.8 Å². The Morgan fingerprint density at radius 2 is 2.00 bits per heavy atom. The van der Waals surface area contributed by atoms with Crippen molar-refractivity contribution in [3.63, 3.8) is 0 Å². The average molecular weight is 256 g/mol. The van der Waals surface area contributed by atoms with E-state index in [2.05, 4.69) is 10.6 Å². The first-order chi connectivity index (χ1) is 8.63. The molecule has 0 radical (unpaired) electrons. The predicted octanol–water partition coefficient (Wildman–Crippen LogP) is -1.12. The smallest absolute Gasteiger partial charge is 0.236 e. The summed E-state index contributed by atoms with van der Waals surface area (Å²) in [6.07, 6.45) is 1.30. The van der Waals surface area contributed by atoms with Gasteiger partial charge in [-0.05, 0) is 20.0 Å². The molecule has 0 spiro atoms. The van der Waals surface area contributed by atoms with Crippen LogP contribution in [0.1, 0.15) is 12.8 Å². The molecular formula is C12H24N4O2. The number of hydrogen-bond acceptors (Lipinski definition) is 4. The highest BCUT2D eigenvalue weighted by Gasteiger charge is 2.17. The van der Waals surface area contributed by atoms with Gasteiger partial charge in [-0.15, -0.1) is 0 Å². The fraction of sp³-hybridized carbons (Fsp3) is 0.833. The Labute approximate surface area is 109 Å². The molecule has 1 aliphatic heterocycles. The first kappa shape index (κ1) is 14.9. The van der Waals surface area contributed by atoms with Gasteiger partial charge < -0.3 is 15.5 Å². The molecule has 0 bridgehead atoms. The average Bonchev–Trinajstić information content (AvgIpc) is 2.39. The summed E-state index contributed by atoms with van der Waals surface area (Å²) in [5.74, 6) is 0.232. The molecule has 1 fully saturated rings. The molecule has 1 saturated heterocycles. The maximum atomic E-state index is 11.9. The highest BCUT2D eigenvalue weighted by atomic mass is 16.2. The van der Waals surface area contributed by atoms with Crippen LogP contribution in [0.3, 0.4) is 0 Å². The van der Waals surface area contributed by atoms with E-state index in [9.17, 15) is 9.59 Å². The normalized spacial score (nSPS) is 15.8. The molecule has 0 aromatic heterocycles. The van der Waals surface area contributed by atoms with E-state index < -0.39 is 0 Å². The van der Waals surface area contributed by atoms with E-state index in [-0.39, 0.29) is 11.8 Å². The Balaban J connectivity index is 2.16. The van der Waals surface area contributed by atoms with E-state index >= 15 is 0 Å². The van der Waals surface area contributed by atoms with E-state index in [1.165, 1.54) is 0 Å². The van der Waals surface area contributed by atoms with Gasteiger partial charge in [0.15, 0.2) is 0 Å². The van der Waals surface area contributed by atoms with Crippen LogP contribution in [0.5, 0.6) is 0 Å². The summed E-state index contributed by atoms with van der Waals surface area (Å²) in [6.45, 7) is 4.56. The van der Waals surface area contributed by atoms with Gasteiger partial charge in [0.2, 0.25) is 11.8 Å². The summed E-state index contributed by atoms with van der Waals surface area (Å²) < 4.78 is 0. The van der Waals surface area contributed by atoms with Crippen LogP contribution in [0.15, 0.2) is 0 Å². The number of nitrogens with zero attached hydrogens (tertiary/aromatic N) is 2. The van der Waals surface area contributed by atoms with Gasteiger partial charge in [0.1, 0.15) is 0 Å². The van der Waals surface area contributed by atoms with Crippen molar-refractivity contribution < 1.29 is 9.59 Å². The third-order valence-electron chi connectivity index (χ3n) is 3.10. The second-order valence-electron chi connectivity index (χ2n) is 4.65. The van der Waals surface area contributed by atoms with Gasteiger partial charge in [0, 0.05) is 39.6 Å². The summed E-state index contributed by atoms with van der Waals surface area (Å²) in [6, 6.07) is 0. The van der Waals surface area contributed by atoms with Crippen LogP contribution in [-0.4, -0.2) is 75.0 Å². The molecule has 0 aliphatic carbocycles. The molecular weight excluding hydrogens is 232 g/mol. The number of amides is 2. The zero-order chi connectivity index (χ0) is 13.4. The van der Waals surface area contributed by atoms with Crippen molar-refractivity contribution in [2.24, 2.45) is 0 Å². The lowest BCUT2D eigenvalue weighted by atomic mass is 10.2. The lowest BCUT2D eigenvalue weighted by molar-refractivity contribution is -0.132. The molecule has 0 atom stereocenters. The minimum Gasteiger partial charge on any atom is -0.359 e. The van der Waals surface area contributed by atoms with Crippen molar-refractivity contribution >= 4 is 11.8 Å². The quantitative estimate of drug-likeness (QED) is 0.631. The largest absolute Gasteiger partial charge is 0.359 e. The molecule has 18 heavy (non-hydrogen) atoms. The van der Waals surface area contributed by atoms with E-state index in [0.717, 1.165) is 39.1 Å². The van der Waals surface area contributed by atoms with Crippen molar-refractivity contribution in [2.45, 2.75) is 12.8 Å². The van der Waals surface area contributed by atoms with Crippen molar-refractivity contribution in [3.05, 3.63) is 0 Å². The van der Waals surface area contributed by atoms with Crippen LogP contribution >= 0.6 is 0 Å². The highest BCUT2D eigenvalue weighted by molar-refractivity contribution is 5.78. The molecule has 0 aromatic rings. The van der Waals surface area contributed by atoms with Crippen LogP contribution in [-0.2, 0) is 9.59 Å². The number of piperazine rings is 1. The molecule has 104 valence electrons. The topological polar surface area (TPSA) is 64.7 Å². The molecule has 6 nitrogen and oxygen atoms in total. The molecule has 0 saturated carbocycles. The van der Waals surface area contributed by atoms with Gasteiger partial charge in [-0.1, -0.05) is 0 Å². The predicted molar refractivity (Wildman–Crippen MR) is 70.2 cm³/mol. The Kier molecular flexibility index (Phi) is 6.67. The summed E-state index contributed by atoms with van der Waals surface area (Å²) >= 11 is 0. The van der Waals surface area contributed by atoms with Crippen molar-refractivity contribution in [2.75, 3.05) is 53.4 Å². The second-order valence-corrected chi connectivity index (χ2v) is 4.65. The van der Waals surface area contributed by atoms with Gasteiger partial charge in [-0.25, -0.2) is 0 Å². The third kappa shape index (κ3) is 5.46. The minimum atomic E-state index is 0.0526. The molecule has 1 heterocycles. The van der Waals surface area contributed by atoms with Crippen LogP contribution in [0.25, 0.3) is 0 Å². The maximum absolute atomic E-state index is 11.9. The Morgan fingerprint density at radius 3 is 2.61 bits per heavy atom. The molecule has 2 N–H and O–H groups in total. The third-order valence-corrected chi connectivity index (χ3v) is 3.10. The molecule has 0 unspecified atom stereocenters. The number of carbonyl (C=O) groups is 2. The monoisotopic (exact) mass is 256 g/mol. The number of rotatable bonds is 6. The minimum absolute atomic E-state index is 0.0526. The van der Waals surface area contributed by atoms with Crippen molar-refractivity contribution in [1.29, 1.82) is 0 Å². The Bertz CT molecular complexity index is 277. The SMILES string of the molecule is CNC(=O)CCCN(C)CC(=O)N1CCNCC1. The second kappa shape index (κ2) is 8.05. The first-order valence-electron chi connectivity index (χ1n) is 6.51. The molecule has 0 aromatic carbocycles. The lowest BCUT2D eigenvalue weighted by Gasteiger charge is -2.29.